The number of aromatic amines is 1. The molecular formula is C16H18N2O. The van der Waals surface area contributed by atoms with Crippen LogP contribution < -0.4 is 5.32 Å². The molecule has 1 aromatic heterocycles. The monoisotopic (exact) mass is 254 g/mol. The van der Waals surface area contributed by atoms with Crippen molar-refractivity contribution >= 4 is 16.8 Å². The van der Waals surface area contributed by atoms with E-state index in [9.17, 15) is 4.79 Å². The maximum absolute atomic E-state index is 12.2. The van der Waals surface area contributed by atoms with Crippen LogP contribution in [-0.4, -0.2) is 17.4 Å². The Morgan fingerprint density at radius 1 is 1.32 bits per heavy atom. The van der Waals surface area contributed by atoms with Crippen molar-refractivity contribution in [2.45, 2.75) is 19.3 Å². The zero-order valence-electron chi connectivity index (χ0n) is 10.9. The topological polar surface area (TPSA) is 44.9 Å². The predicted octanol–water partition coefficient (Wildman–Crippen LogP) is 3.25. The molecule has 0 spiro atoms. The Labute approximate surface area is 112 Å². The highest BCUT2D eigenvalue weighted by molar-refractivity contribution is 6.06. The number of carbonyl (C=O) groups is 1. The van der Waals surface area contributed by atoms with Crippen molar-refractivity contribution in [3.63, 3.8) is 0 Å². The molecule has 98 valence electrons. The predicted molar refractivity (Wildman–Crippen MR) is 77.1 cm³/mol. The summed E-state index contributed by atoms with van der Waals surface area (Å²) in [6.07, 6.45) is 9.61. The lowest BCUT2D eigenvalue weighted by Gasteiger charge is -2.17. The van der Waals surface area contributed by atoms with Gasteiger partial charge in [-0.1, -0.05) is 30.4 Å². The van der Waals surface area contributed by atoms with E-state index >= 15 is 0 Å². The average molecular weight is 254 g/mol. The number of hydrogen-bond acceptors (Lipinski definition) is 1. The highest BCUT2D eigenvalue weighted by atomic mass is 16.1. The third-order valence-corrected chi connectivity index (χ3v) is 3.76. The minimum Gasteiger partial charge on any atom is -0.360 e. The van der Waals surface area contributed by atoms with E-state index in [2.05, 4.69) is 22.5 Å². The Morgan fingerprint density at radius 3 is 3.05 bits per heavy atom. The van der Waals surface area contributed by atoms with Crippen molar-refractivity contribution in [2.24, 2.45) is 5.92 Å². The second kappa shape index (κ2) is 5.31. The number of fused-ring (bicyclic) bond motifs is 1. The van der Waals surface area contributed by atoms with Gasteiger partial charge in [0.25, 0.3) is 5.91 Å². The number of para-hydroxylation sites is 1. The number of hydrogen-bond donors (Lipinski definition) is 2. The molecule has 3 nitrogen and oxygen atoms in total. The third-order valence-electron chi connectivity index (χ3n) is 3.76. The number of benzene rings is 1. The van der Waals surface area contributed by atoms with E-state index in [0.717, 1.165) is 35.9 Å². The van der Waals surface area contributed by atoms with E-state index in [1.807, 2.05) is 24.3 Å². The van der Waals surface area contributed by atoms with Gasteiger partial charge >= 0.3 is 0 Å². The molecule has 0 aliphatic heterocycles. The maximum Gasteiger partial charge on any atom is 0.253 e. The fourth-order valence-electron chi connectivity index (χ4n) is 2.63. The molecule has 0 saturated carbocycles. The first kappa shape index (κ1) is 12.0. The second-order valence-corrected chi connectivity index (χ2v) is 5.11. The molecule has 1 aliphatic rings. The first-order valence-corrected chi connectivity index (χ1v) is 6.84. The van der Waals surface area contributed by atoms with Crippen LogP contribution in [0.5, 0.6) is 0 Å². The minimum absolute atomic E-state index is 0.0204. The fraction of sp³-hybridized carbons (Fsp3) is 0.312. The number of carbonyl (C=O) groups excluding carboxylic acids is 1. The smallest absolute Gasteiger partial charge is 0.253 e. The van der Waals surface area contributed by atoms with Crippen LogP contribution in [0.25, 0.3) is 10.9 Å². The Kier molecular flexibility index (Phi) is 3.36. The molecule has 0 fully saturated rings. The summed E-state index contributed by atoms with van der Waals surface area (Å²) in [7, 11) is 0. The molecule has 1 unspecified atom stereocenters. The summed E-state index contributed by atoms with van der Waals surface area (Å²) in [5.41, 5.74) is 1.75. The van der Waals surface area contributed by atoms with Crippen molar-refractivity contribution in [3.8, 4) is 0 Å². The molecule has 0 saturated heterocycles. The van der Waals surface area contributed by atoms with Gasteiger partial charge in [0.05, 0.1) is 5.56 Å². The molecule has 1 aromatic carbocycles. The van der Waals surface area contributed by atoms with Gasteiger partial charge in [-0.25, -0.2) is 0 Å². The summed E-state index contributed by atoms with van der Waals surface area (Å²) in [5.74, 6) is 0.603. The van der Waals surface area contributed by atoms with Crippen LogP contribution in [0.15, 0.2) is 42.6 Å². The molecule has 19 heavy (non-hydrogen) atoms. The summed E-state index contributed by atoms with van der Waals surface area (Å²) in [6.45, 7) is 0.767. The highest BCUT2D eigenvalue weighted by Gasteiger charge is 2.14. The van der Waals surface area contributed by atoms with Crippen LogP contribution in [0, 0.1) is 5.92 Å². The first-order valence-electron chi connectivity index (χ1n) is 6.84. The van der Waals surface area contributed by atoms with Crippen LogP contribution >= 0.6 is 0 Å². The van der Waals surface area contributed by atoms with Gasteiger partial charge < -0.3 is 10.3 Å². The van der Waals surface area contributed by atoms with Gasteiger partial charge in [-0.05, 0) is 31.2 Å². The largest absolute Gasteiger partial charge is 0.360 e. The average Bonchev–Trinajstić information content (AvgIpc) is 2.90. The third kappa shape index (κ3) is 2.55. The maximum atomic E-state index is 12.2. The standard InChI is InChI=1S/C16H18N2O/c19-16(18-10-12-6-2-1-3-7-12)14-11-17-15-9-5-4-8-13(14)15/h1-2,4-5,8-9,11-12,17H,3,6-7,10H2,(H,18,19). The van der Waals surface area contributed by atoms with E-state index in [1.165, 1.54) is 6.42 Å². The summed E-state index contributed by atoms with van der Waals surface area (Å²) < 4.78 is 0. The zero-order valence-corrected chi connectivity index (χ0v) is 10.9. The lowest BCUT2D eigenvalue weighted by atomic mass is 9.94. The van der Waals surface area contributed by atoms with E-state index in [-0.39, 0.29) is 5.91 Å². The molecule has 1 atom stereocenters. The number of nitrogens with one attached hydrogen (secondary N) is 2. The molecule has 0 radical (unpaired) electrons. The van der Waals surface area contributed by atoms with E-state index in [4.69, 9.17) is 0 Å². The summed E-state index contributed by atoms with van der Waals surface area (Å²) in [5, 5.41) is 4.04. The van der Waals surface area contributed by atoms with Gasteiger partial charge in [-0.15, -0.1) is 0 Å². The van der Waals surface area contributed by atoms with E-state index in [1.54, 1.807) is 6.20 Å². The van der Waals surface area contributed by atoms with Crippen LogP contribution in [0.3, 0.4) is 0 Å². The normalized spacial score (nSPS) is 18.6. The van der Waals surface area contributed by atoms with Crippen LogP contribution in [0.1, 0.15) is 29.6 Å². The van der Waals surface area contributed by atoms with Crippen molar-refractivity contribution < 1.29 is 4.79 Å². The Balaban J connectivity index is 1.68. The molecule has 3 heteroatoms. The summed E-state index contributed by atoms with van der Waals surface area (Å²) >= 11 is 0. The number of amides is 1. The Hall–Kier alpha value is -2.03. The molecule has 1 aliphatic carbocycles. The lowest BCUT2D eigenvalue weighted by molar-refractivity contribution is 0.0948. The molecule has 0 bridgehead atoms. The molecule has 3 rings (SSSR count). The lowest BCUT2D eigenvalue weighted by Crippen LogP contribution is -2.29. The quantitative estimate of drug-likeness (QED) is 0.811. The van der Waals surface area contributed by atoms with Crippen LogP contribution in [0.2, 0.25) is 0 Å². The fourth-order valence-corrected chi connectivity index (χ4v) is 2.63. The number of rotatable bonds is 3. The summed E-state index contributed by atoms with van der Waals surface area (Å²) in [4.78, 5) is 15.3. The number of aromatic nitrogens is 1. The molecular weight excluding hydrogens is 236 g/mol. The van der Waals surface area contributed by atoms with Gasteiger partial charge in [0.1, 0.15) is 0 Å². The Bertz CT molecular complexity index is 612. The van der Waals surface area contributed by atoms with Crippen LogP contribution in [-0.2, 0) is 0 Å². The minimum atomic E-state index is 0.0204. The number of H-pyrrole nitrogens is 1. The van der Waals surface area contributed by atoms with Gasteiger partial charge in [0, 0.05) is 23.6 Å². The Morgan fingerprint density at radius 2 is 2.21 bits per heavy atom. The molecule has 2 N–H and O–H groups in total. The van der Waals surface area contributed by atoms with Gasteiger partial charge in [-0.2, -0.15) is 0 Å². The highest BCUT2D eigenvalue weighted by Crippen LogP contribution is 2.19. The first-order chi connectivity index (χ1) is 9.34. The second-order valence-electron chi connectivity index (χ2n) is 5.11. The molecule has 1 heterocycles. The van der Waals surface area contributed by atoms with Crippen molar-refractivity contribution in [1.82, 2.24) is 10.3 Å². The molecule has 1 amide bonds. The van der Waals surface area contributed by atoms with Crippen molar-refractivity contribution in [3.05, 3.63) is 48.2 Å². The SMILES string of the molecule is O=C(NCC1CC=CCC1)c1c[nH]c2ccccc12. The van der Waals surface area contributed by atoms with Crippen LogP contribution in [0.4, 0.5) is 0 Å². The summed E-state index contributed by atoms with van der Waals surface area (Å²) in [6, 6.07) is 7.88. The van der Waals surface area contributed by atoms with E-state index < -0.39 is 0 Å². The zero-order chi connectivity index (χ0) is 13.1. The van der Waals surface area contributed by atoms with E-state index in [0.29, 0.717) is 5.92 Å². The number of allylic oxidation sites excluding steroid dienone is 2. The van der Waals surface area contributed by atoms with Gasteiger partial charge in [0.2, 0.25) is 0 Å². The van der Waals surface area contributed by atoms with Crippen molar-refractivity contribution in [2.75, 3.05) is 6.54 Å². The van der Waals surface area contributed by atoms with Crippen molar-refractivity contribution in [1.29, 1.82) is 0 Å². The van der Waals surface area contributed by atoms with Gasteiger partial charge in [0.15, 0.2) is 0 Å². The van der Waals surface area contributed by atoms with Gasteiger partial charge in [-0.3, -0.25) is 4.79 Å². The molecule has 2 aromatic rings.